The van der Waals surface area contributed by atoms with E-state index in [0.29, 0.717) is 0 Å². The molecule has 1 aromatic rings. The number of carbonyl (C=O) groups is 1. The summed E-state index contributed by atoms with van der Waals surface area (Å²) in [5.41, 5.74) is 0.487. The number of carbonyl (C=O) groups excluding carboxylic acids is 1. The molecular formula is C15H14O5. The van der Waals surface area contributed by atoms with E-state index in [1.54, 1.807) is 18.2 Å². The molecule has 0 unspecified atom stereocenters. The van der Waals surface area contributed by atoms with Gasteiger partial charge in [0.25, 0.3) is 0 Å². The van der Waals surface area contributed by atoms with Crippen LogP contribution in [0.15, 0.2) is 59.6 Å². The summed E-state index contributed by atoms with van der Waals surface area (Å²) in [5.74, 6) is -4.21. The zero-order chi connectivity index (χ0) is 14.8. The van der Waals surface area contributed by atoms with Gasteiger partial charge in [-0.1, -0.05) is 36.4 Å². The highest BCUT2D eigenvalue weighted by Gasteiger charge is 2.35. The summed E-state index contributed by atoms with van der Waals surface area (Å²) in [5, 5.41) is 38.1. The fraction of sp³-hybridized carbons (Fsp3) is 0.133. The van der Waals surface area contributed by atoms with Crippen molar-refractivity contribution < 1.29 is 25.2 Å². The maximum atomic E-state index is 11.7. The van der Waals surface area contributed by atoms with Crippen LogP contribution in [-0.4, -0.2) is 32.0 Å². The second kappa shape index (κ2) is 5.32. The Morgan fingerprint density at radius 3 is 2.45 bits per heavy atom. The number of hydrogen-bond donors (Lipinski definition) is 4. The van der Waals surface area contributed by atoms with Gasteiger partial charge in [0.1, 0.15) is 17.1 Å². The molecule has 0 heterocycles. The first kappa shape index (κ1) is 14.0. The third-order valence-electron chi connectivity index (χ3n) is 2.81. The Kier molecular flexibility index (Phi) is 3.74. The highest BCUT2D eigenvalue weighted by atomic mass is 16.5. The van der Waals surface area contributed by atoms with Crippen molar-refractivity contribution in [1.82, 2.24) is 0 Å². The number of allylic oxidation sites excluding steroid dienone is 2. The Labute approximate surface area is 115 Å². The SMILES string of the molecule is O=C1CC(O)(O)C=C(O)C1=C(O)C=Cc1ccccc1. The molecule has 4 N–H and O–H groups in total. The average Bonchev–Trinajstić information content (AvgIpc) is 2.35. The smallest absolute Gasteiger partial charge is 0.193 e. The van der Waals surface area contributed by atoms with E-state index in [-0.39, 0.29) is 5.57 Å². The Balaban J connectivity index is 2.33. The molecule has 0 spiro atoms. The van der Waals surface area contributed by atoms with Crippen molar-refractivity contribution in [2.24, 2.45) is 0 Å². The first-order chi connectivity index (χ1) is 9.39. The molecule has 0 amide bonds. The van der Waals surface area contributed by atoms with Crippen molar-refractivity contribution >= 4 is 11.9 Å². The van der Waals surface area contributed by atoms with Gasteiger partial charge in [-0.15, -0.1) is 0 Å². The molecule has 1 aliphatic carbocycles. The molecule has 5 nitrogen and oxygen atoms in total. The average molecular weight is 274 g/mol. The van der Waals surface area contributed by atoms with Crippen molar-refractivity contribution in [2.45, 2.75) is 12.2 Å². The standard InChI is InChI=1S/C15H14O5/c16-11(7-6-10-4-2-1-3-5-10)14-12(17)8-15(19,20)9-13(14)18/h1-8,16-17,19-20H,9H2. The van der Waals surface area contributed by atoms with Crippen molar-refractivity contribution in [1.29, 1.82) is 0 Å². The van der Waals surface area contributed by atoms with E-state index in [1.165, 1.54) is 6.08 Å². The lowest BCUT2D eigenvalue weighted by molar-refractivity contribution is -0.146. The summed E-state index contributed by atoms with van der Waals surface area (Å²) in [6.07, 6.45) is 2.95. The van der Waals surface area contributed by atoms with Crippen LogP contribution in [0.5, 0.6) is 0 Å². The zero-order valence-electron chi connectivity index (χ0n) is 10.5. The minimum Gasteiger partial charge on any atom is -0.507 e. The van der Waals surface area contributed by atoms with Crippen LogP contribution in [0.2, 0.25) is 0 Å². The molecule has 0 aromatic heterocycles. The van der Waals surface area contributed by atoms with E-state index in [2.05, 4.69) is 0 Å². The lowest BCUT2D eigenvalue weighted by Gasteiger charge is -2.23. The lowest BCUT2D eigenvalue weighted by Crippen LogP contribution is -2.34. The summed E-state index contributed by atoms with van der Waals surface area (Å²) >= 11 is 0. The van der Waals surface area contributed by atoms with E-state index in [0.717, 1.165) is 11.6 Å². The quantitative estimate of drug-likeness (QED) is 0.373. The molecule has 0 atom stereocenters. The highest BCUT2D eigenvalue weighted by molar-refractivity contribution is 6.01. The predicted octanol–water partition coefficient (Wildman–Crippen LogP) is 1.61. The fourth-order valence-electron chi connectivity index (χ4n) is 1.91. The number of hydrogen-bond acceptors (Lipinski definition) is 5. The van der Waals surface area contributed by atoms with Gasteiger partial charge in [-0.25, -0.2) is 0 Å². The van der Waals surface area contributed by atoms with Crippen LogP contribution in [0.3, 0.4) is 0 Å². The summed E-state index contributed by atoms with van der Waals surface area (Å²) in [7, 11) is 0. The number of rotatable bonds is 2. The number of ketones is 1. The number of aliphatic hydroxyl groups excluding tert-OH is 2. The summed E-state index contributed by atoms with van der Waals surface area (Å²) in [6, 6.07) is 9.09. The second-order valence-corrected chi connectivity index (χ2v) is 4.51. The molecule has 1 aromatic carbocycles. The van der Waals surface area contributed by atoms with Crippen LogP contribution in [-0.2, 0) is 4.79 Å². The van der Waals surface area contributed by atoms with Crippen LogP contribution >= 0.6 is 0 Å². The van der Waals surface area contributed by atoms with Gasteiger partial charge in [-0.2, -0.15) is 0 Å². The summed E-state index contributed by atoms with van der Waals surface area (Å²) < 4.78 is 0. The van der Waals surface area contributed by atoms with Gasteiger partial charge < -0.3 is 20.4 Å². The van der Waals surface area contributed by atoms with Gasteiger partial charge in [0, 0.05) is 6.08 Å². The molecular weight excluding hydrogens is 260 g/mol. The van der Waals surface area contributed by atoms with Crippen molar-refractivity contribution in [3.05, 3.63) is 65.1 Å². The van der Waals surface area contributed by atoms with Crippen molar-refractivity contribution in [3.63, 3.8) is 0 Å². The minimum atomic E-state index is -2.38. The number of benzene rings is 1. The first-order valence-electron chi connectivity index (χ1n) is 5.95. The van der Waals surface area contributed by atoms with Crippen LogP contribution in [0.4, 0.5) is 0 Å². The van der Waals surface area contributed by atoms with Crippen molar-refractivity contribution in [2.75, 3.05) is 0 Å². The van der Waals surface area contributed by atoms with Gasteiger partial charge in [-0.3, -0.25) is 4.79 Å². The maximum absolute atomic E-state index is 11.7. The molecule has 5 heteroatoms. The van der Waals surface area contributed by atoms with E-state index in [9.17, 15) is 25.2 Å². The number of Topliss-reactive ketones (excluding diaryl/α,β-unsaturated/α-hetero) is 1. The van der Waals surface area contributed by atoms with Gasteiger partial charge in [0.05, 0.1) is 6.42 Å². The van der Waals surface area contributed by atoms with Gasteiger partial charge >= 0.3 is 0 Å². The Morgan fingerprint density at radius 2 is 1.85 bits per heavy atom. The Morgan fingerprint density at radius 1 is 1.20 bits per heavy atom. The monoisotopic (exact) mass is 274 g/mol. The van der Waals surface area contributed by atoms with Gasteiger partial charge in [-0.05, 0) is 11.6 Å². The normalized spacial score (nSPS) is 20.9. The number of aliphatic hydroxyl groups is 4. The molecule has 104 valence electrons. The van der Waals surface area contributed by atoms with Crippen LogP contribution in [0.25, 0.3) is 6.08 Å². The lowest BCUT2D eigenvalue weighted by atomic mass is 9.93. The fourth-order valence-corrected chi connectivity index (χ4v) is 1.91. The third-order valence-corrected chi connectivity index (χ3v) is 2.81. The predicted molar refractivity (Wildman–Crippen MR) is 72.6 cm³/mol. The summed E-state index contributed by atoms with van der Waals surface area (Å²) in [4.78, 5) is 11.7. The topological polar surface area (TPSA) is 98.0 Å². The largest absolute Gasteiger partial charge is 0.507 e. The Bertz CT molecular complexity index is 608. The van der Waals surface area contributed by atoms with Crippen molar-refractivity contribution in [3.8, 4) is 0 Å². The van der Waals surface area contributed by atoms with Crippen LogP contribution in [0, 0.1) is 0 Å². The molecule has 2 rings (SSSR count). The van der Waals surface area contributed by atoms with Gasteiger partial charge in [0.15, 0.2) is 11.6 Å². The van der Waals surface area contributed by atoms with Gasteiger partial charge in [0.2, 0.25) is 0 Å². The maximum Gasteiger partial charge on any atom is 0.193 e. The van der Waals surface area contributed by atoms with Crippen LogP contribution in [0.1, 0.15) is 12.0 Å². The van der Waals surface area contributed by atoms with E-state index < -0.39 is 29.5 Å². The second-order valence-electron chi connectivity index (χ2n) is 4.51. The minimum absolute atomic E-state index is 0.323. The molecule has 20 heavy (non-hydrogen) atoms. The summed E-state index contributed by atoms with van der Waals surface area (Å²) in [6.45, 7) is 0. The molecule has 0 bridgehead atoms. The van der Waals surface area contributed by atoms with Crippen LogP contribution < -0.4 is 0 Å². The zero-order valence-corrected chi connectivity index (χ0v) is 10.5. The third kappa shape index (κ3) is 3.14. The first-order valence-corrected chi connectivity index (χ1v) is 5.95. The molecule has 0 aliphatic heterocycles. The van der Waals surface area contributed by atoms with E-state index in [4.69, 9.17) is 0 Å². The highest BCUT2D eigenvalue weighted by Crippen LogP contribution is 2.27. The molecule has 0 saturated heterocycles. The Hall–Kier alpha value is -2.37. The van der Waals surface area contributed by atoms with E-state index >= 15 is 0 Å². The molecule has 0 fully saturated rings. The molecule has 0 saturated carbocycles. The molecule has 1 aliphatic rings. The van der Waals surface area contributed by atoms with E-state index in [1.807, 2.05) is 18.2 Å². The molecule has 0 radical (unpaired) electrons.